The van der Waals surface area contributed by atoms with Crippen LogP contribution in [0.15, 0.2) is 18.2 Å². The molecule has 2 rings (SSSR count). The fourth-order valence-corrected chi connectivity index (χ4v) is 2.67. The zero-order chi connectivity index (χ0) is 12.3. The summed E-state index contributed by atoms with van der Waals surface area (Å²) < 4.78 is 0. The van der Waals surface area contributed by atoms with Crippen LogP contribution in [0.5, 0.6) is 0 Å². The molecule has 0 amide bonds. The topological polar surface area (TPSA) is 20.3 Å². The van der Waals surface area contributed by atoms with Gasteiger partial charge in [0, 0.05) is 12.5 Å². The van der Waals surface area contributed by atoms with Crippen LogP contribution < -0.4 is 0 Å². The van der Waals surface area contributed by atoms with E-state index in [1.54, 1.807) is 0 Å². The van der Waals surface area contributed by atoms with Gasteiger partial charge in [0.1, 0.15) is 6.29 Å². The van der Waals surface area contributed by atoms with Gasteiger partial charge < -0.3 is 4.79 Å². The van der Waals surface area contributed by atoms with E-state index >= 15 is 0 Å². The number of aryl methyl sites for hydroxylation is 2. The molecule has 0 bridgehead atoms. The van der Waals surface area contributed by atoms with Gasteiger partial charge in [0.25, 0.3) is 0 Å². The summed E-state index contributed by atoms with van der Waals surface area (Å²) in [7, 11) is 0. The molecule has 1 aliphatic rings. The fraction of sp³-hybridized carbons (Fsp3) is 0.533. The van der Waals surface area contributed by atoms with E-state index in [-0.39, 0.29) is 0 Å². The van der Waals surface area contributed by atoms with Gasteiger partial charge in [-0.25, -0.2) is 0 Å². The van der Waals surface area contributed by atoms with Crippen molar-refractivity contribution in [1.29, 1.82) is 0 Å². The van der Waals surface area contributed by atoms with Crippen molar-refractivity contribution < 1.29 is 4.79 Å². The first-order valence-corrected chi connectivity index (χ1v) is 6.42. The Morgan fingerprint density at radius 1 is 1.18 bits per heavy atom. The molecule has 0 radical (unpaired) electrons. The summed E-state index contributed by atoms with van der Waals surface area (Å²) in [5.74, 6) is 0.297. The van der Waals surface area contributed by atoms with Gasteiger partial charge >= 0.3 is 0 Å². The molecule has 2 nitrogen and oxygen atoms in total. The Labute approximate surface area is 104 Å². The summed E-state index contributed by atoms with van der Waals surface area (Å²) in [5, 5.41) is 0. The van der Waals surface area contributed by atoms with Crippen molar-refractivity contribution in [1.82, 2.24) is 4.90 Å². The lowest BCUT2D eigenvalue weighted by molar-refractivity contribution is -0.112. The first kappa shape index (κ1) is 12.3. The van der Waals surface area contributed by atoms with Crippen molar-refractivity contribution in [3.63, 3.8) is 0 Å². The maximum atomic E-state index is 10.7. The van der Waals surface area contributed by atoms with Gasteiger partial charge in [-0.2, -0.15) is 0 Å². The number of rotatable bonds is 3. The van der Waals surface area contributed by atoms with Crippen LogP contribution in [0, 0.1) is 19.8 Å². The third-order valence-electron chi connectivity index (χ3n) is 3.51. The minimum absolute atomic E-state index is 0.297. The smallest absolute Gasteiger partial charge is 0.123 e. The van der Waals surface area contributed by atoms with Gasteiger partial charge in [-0.15, -0.1) is 0 Å². The lowest BCUT2D eigenvalue weighted by Crippen LogP contribution is -2.33. The second-order valence-corrected chi connectivity index (χ2v) is 5.25. The second-order valence-electron chi connectivity index (χ2n) is 5.25. The number of hydrogen-bond acceptors (Lipinski definition) is 2. The zero-order valence-electron chi connectivity index (χ0n) is 10.8. The SMILES string of the molecule is Cc1cc(C)cc(CN2CCC(C=O)CC2)c1. The van der Waals surface area contributed by atoms with E-state index in [1.165, 1.54) is 16.7 Å². The quantitative estimate of drug-likeness (QED) is 0.745. The van der Waals surface area contributed by atoms with Crippen molar-refractivity contribution in [2.75, 3.05) is 13.1 Å². The maximum Gasteiger partial charge on any atom is 0.123 e. The Kier molecular flexibility index (Phi) is 3.95. The molecule has 1 aromatic carbocycles. The lowest BCUT2D eigenvalue weighted by atomic mass is 9.98. The highest BCUT2D eigenvalue weighted by atomic mass is 16.1. The fourth-order valence-electron chi connectivity index (χ4n) is 2.67. The predicted octanol–water partition coefficient (Wildman–Crippen LogP) is 2.71. The van der Waals surface area contributed by atoms with E-state index in [2.05, 4.69) is 36.9 Å². The monoisotopic (exact) mass is 231 g/mol. The van der Waals surface area contributed by atoms with Crippen molar-refractivity contribution in [2.45, 2.75) is 33.2 Å². The number of nitrogens with zero attached hydrogens (tertiary/aromatic N) is 1. The van der Waals surface area contributed by atoms with Crippen LogP contribution in [0.3, 0.4) is 0 Å². The van der Waals surface area contributed by atoms with E-state index < -0.39 is 0 Å². The molecule has 0 saturated carbocycles. The molecule has 1 aliphatic heterocycles. The first-order chi connectivity index (χ1) is 8.17. The number of carbonyl (C=O) groups is 1. The summed E-state index contributed by atoms with van der Waals surface area (Å²) in [6.45, 7) is 7.42. The van der Waals surface area contributed by atoms with E-state index in [0.29, 0.717) is 5.92 Å². The van der Waals surface area contributed by atoms with Crippen molar-refractivity contribution in [3.05, 3.63) is 34.9 Å². The van der Waals surface area contributed by atoms with E-state index in [1.807, 2.05) is 0 Å². The largest absolute Gasteiger partial charge is 0.303 e. The molecule has 0 atom stereocenters. The molecule has 0 aliphatic carbocycles. The first-order valence-electron chi connectivity index (χ1n) is 6.42. The van der Waals surface area contributed by atoms with Crippen LogP contribution in [0.25, 0.3) is 0 Å². The number of likely N-dealkylation sites (tertiary alicyclic amines) is 1. The van der Waals surface area contributed by atoms with Crippen LogP contribution in [-0.4, -0.2) is 24.3 Å². The van der Waals surface area contributed by atoms with E-state index in [0.717, 1.165) is 38.8 Å². The molecule has 0 spiro atoms. The molecule has 0 N–H and O–H groups in total. The number of carbonyl (C=O) groups excluding carboxylic acids is 1. The molecule has 1 heterocycles. The lowest BCUT2D eigenvalue weighted by Gasteiger charge is -2.29. The molecule has 1 aromatic rings. The Morgan fingerprint density at radius 2 is 1.76 bits per heavy atom. The Hall–Kier alpha value is -1.15. The van der Waals surface area contributed by atoms with Gasteiger partial charge in [0.2, 0.25) is 0 Å². The van der Waals surface area contributed by atoms with Crippen LogP contribution in [0.2, 0.25) is 0 Å². The highest BCUT2D eigenvalue weighted by Gasteiger charge is 2.18. The molecule has 1 saturated heterocycles. The van der Waals surface area contributed by atoms with Gasteiger partial charge in [0.05, 0.1) is 0 Å². The zero-order valence-corrected chi connectivity index (χ0v) is 10.8. The molecule has 0 unspecified atom stereocenters. The summed E-state index contributed by atoms with van der Waals surface area (Å²) in [6.07, 6.45) is 3.16. The van der Waals surface area contributed by atoms with Gasteiger partial charge in [-0.3, -0.25) is 4.90 Å². The third kappa shape index (κ3) is 3.40. The molecule has 17 heavy (non-hydrogen) atoms. The molecule has 0 aromatic heterocycles. The minimum Gasteiger partial charge on any atom is -0.303 e. The Bertz CT molecular complexity index is 372. The molecular weight excluding hydrogens is 210 g/mol. The highest BCUT2D eigenvalue weighted by Crippen LogP contribution is 2.18. The van der Waals surface area contributed by atoms with E-state index in [9.17, 15) is 4.79 Å². The third-order valence-corrected chi connectivity index (χ3v) is 3.51. The number of benzene rings is 1. The van der Waals surface area contributed by atoms with Gasteiger partial charge in [-0.1, -0.05) is 29.3 Å². The molecule has 2 heteroatoms. The van der Waals surface area contributed by atoms with E-state index in [4.69, 9.17) is 0 Å². The Balaban J connectivity index is 1.95. The predicted molar refractivity (Wildman–Crippen MR) is 70.0 cm³/mol. The van der Waals surface area contributed by atoms with Gasteiger partial charge in [-0.05, 0) is 45.3 Å². The second kappa shape index (κ2) is 5.46. The van der Waals surface area contributed by atoms with Crippen molar-refractivity contribution in [2.24, 2.45) is 5.92 Å². The summed E-state index contributed by atoms with van der Waals surface area (Å²) in [4.78, 5) is 13.1. The molecule has 1 fully saturated rings. The number of hydrogen-bond donors (Lipinski definition) is 0. The number of aldehydes is 1. The summed E-state index contributed by atoms with van der Waals surface area (Å²) in [6, 6.07) is 6.74. The summed E-state index contributed by atoms with van der Waals surface area (Å²) in [5.41, 5.74) is 4.07. The van der Waals surface area contributed by atoms with Crippen LogP contribution >= 0.6 is 0 Å². The highest BCUT2D eigenvalue weighted by molar-refractivity contribution is 5.53. The van der Waals surface area contributed by atoms with Crippen LogP contribution in [0.4, 0.5) is 0 Å². The standard InChI is InChI=1S/C15H21NO/c1-12-7-13(2)9-15(8-12)10-16-5-3-14(11-17)4-6-16/h7-9,11,14H,3-6,10H2,1-2H3. The number of piperidine rings is 1. The average Bonchev–Trinajstić information content (AvgIpc) is 2.28. The van der Waals surface area contributed by atoms with Crippen molar-refractivity contribution >= 4 is 6.29 Å². The minimum atomic E-state index is 0.297. The molecular formula is C15H21NO. The van der Waals surface area contributed by atoms with Crippen molar-refractivity contribution in [3.8, 4) is 0 Å². The summed E-state index contributed by atoms with van der Waals surface area (Å²) >= 11 is 0. The average molecular weight is 231 g/mol. The normalized spacial score (nSPS) is 18.2. The van der Waals surface area contributed by atoms with Crippen LogP contribution in [0.1, 0.15) is 29.5 Å². The maximum absolute atomic E-state index is 10.7. The van der Waals surface area contributed by atoms with Crippen LogP contribution in [-0.2, 0) is 11.3 Å². The molecule has 92 valence electrons. The van der Waals surface area contributed by atoms with Gasteiger partial charge in [0.15, 0.2) is 0 Å². The Morgan fingerprint density at radius 3 is 2.29 bits per heavy atom.